The summed E-state index contributed by atoms with van der Waals surface area (Å²) in [7, 11) is -1.40. The van der Waals surface area contributed by atoms with Crippen LogP contribution >= 0.6 is 11.1 Å². The second kappa shape index (κ2) is 5.84. The first-order valence-corrected chi connectivity index (χ1v) is 8.11. The van der Waals surface area contributed by atoms with Crippen molar-refractivity contribution in [2.24, 2.45) is 0 Å². The van der Waals surface area contributed by atoms with Gasteiger partial charge < -0.3 is 0 Å². The molecule has 0 atom stereocenters. The van der Waals surface area contributed by atoms with E-state index in [4.69, 9.17) is 11.1 Å². The molecule has 0 N–H and O–H groups in total. The normalized spacial score (nSPS) is 11.5. The Labute approximate surface area is 76.4 Å². The van der Waals surface area contributed by atoms with Gasteiger partial charge in [-0.05, 0) is 18.1 Å². The molecule has 0 aromatic rings. The molecule has 0 aromatic carbocycles. The predicted molar refractivity (Wildman–Crippen MR) is 56.8 cm³/mol. The molecule has 0 bridgehead atoms. The molecule has 0 aliphatic heterocycles. The minimum atomic E-state index is -1.40. The van der Waals surface area contributed by atoms with E-state index in [0.717, 1.165) is 6.04 Å². The molecule has 0 heterocycles. The average molecular weight is 191 g/mol. The van der Waals surface area contributed by atoms with E-state index in [1.54, 1.807) is 0 Å². The van der Waals surface area contributed by atoms with Gasteiger partial charge in [0.2, 0.25) is 0 Å². The van der Waals surface area contributed by atoms with Crippen molar-refractivity contribution in [3.63, 3.8) is 0 Å². The first-order valence-electron chi connectivity index (χ1n) is 4.48. The summed E-state index contributed by atoms with van der Waals surface area (Å²) in [6, 6.07) is 3.57. The summed E-state index contributed by atoms with van der Waals surface area (Å²) in [6.07, 6.45) is 4.44. The molecule has 0 fully saturated rings. The minimum absolute atomic E-state index is 1.08. The smallest absolute Gasteiger partial charge is 0.160 e. The third-order valence-corrected chi connectivity index (χ3v) is 7.32. The Hall–Kier alpha value is 0.247. The topological polar surface area (TPSA) is 0 Å². The molecular formula is C9H19ClSi. The number of allylic oxidation sites excluding steroid dienone is 1. The zero-order chi connectivity index (χ0) is 8.74. The van der Waals surface area contributed by atoms with Crippen molar-refractivity contribution in [2.45, 2.75) is 44.8 Å². The summed E-state index contributed by atoms with van der Waals surface area (Å²) in [5.41, 5.74) is 0. The lowest BCUT2D eigenvalue weighted by molar-refractivity contribution is 0.991. The van der Waals surface area contributed by atoms with Crippen LogP contribution in [0.2, 0.25) is 18.1 Å². The van der Waals surface area contributed by atoms with Gasteiger partial charge in [-0.1, -0.05) is 32.8 Å². The maximum Gasteiger partial charge on any atom is 0.160 e. The van der Waals surface area contributed by atoms with E-state index in [1.807, 2.05) is 6.08 Å². The van der Waals surface area contributed by atoms with Crippen LogP contribution in [0, 0.1) is 0 Å². The van der Waals surface area contributed by atoms with Crippen LogP contribution in [0.25, 0.3) is 0 Å². The Morgan fingerprint density at radius 3 is 2.00 bits per heavy atom. The second-order valence-electron chi connectivity index (χ2n) is 3.14. The molecule has 0 aromatic heterocycles. The van der Waals surface area contributed by atoms with Crippen molar-refractivity contribution in [3.05, 3.63) is 12.7 Å². The van der Waals surface area contributed by atoms with Crippen LogP contribution < -0.4 is 0 Å². The quantitative estimate of drug-likeness (QED) is 0.335. The molecule has 11 heavy (non-hydrogen) atoms. The van der Waals surface area contributed by atoms with Gasteiger partial charge in [-0.3, -0.25) is 0 Å². The summed E-state index contributed by atoms with van der Waals surface area (Å²) in [5, 5.41) is 0. The largest absolute Gasteiger partial charge is 0.167 e. The zero-order valence-electron chi connectivity index (χ0n) is 7.70. The summed E-state index contributed by atoms with van der Waals surface area (Å²) in [4.78, 5) is 0. The molecule has 0 nitrogen and oxygen atoms in total. The highest BCUT2D eigenvalue weighted by Crippen LogP contribution is 2.28. The van der Waals surface area contributed by atoms with Gasteiger partial charge in [-0.15, -0.1) is 6.58 Å². The van der Waals surface area contributed by atoms with E-state index < -0.39 is 7.38 Å². The molecule has 66 valence electrons. The summed E-state index contributed by atoms with van der Waals surface area (Å²) in [5.74, 6) is 0. The van der Waals surface area contributed by atoms with Gasteiger partial charge in [0, 0.05) is 0 Å². The van der Waals surface area contributed by atoms with Crippen LogP contribution in [0.1, 0.15) is 26.7 Å². The molecule has 0 unspecified atom stereocenters. The second-order valence-corrected chi connectivity index (χ2v) is 9.26. The van der Waals surface area contributed by atoms with Gasteiger partial charge >= 0.3 is 0 Å². The molecular weight excluding hydrogens is 172 g/mol. The van der Waals surface area contributed by atoms with Crippen molar-refractivity contribution in [1.29, 1.82) is 0 Å². The van der Waals surface area contributed by atoms with Crippen LogP contribution in [0.4, 0.5) is 0 Å². The SMILES string of the molecule is C=CC[Si](Cl)(CCC)CCC. The summed E-state index contributed by atoms with van der Waals surface area (Å²) < 4.78 is 0. The fourth-order valence-corrected chi connectivity index (χ4v) is 5.91. The van der Waals surface area contributed by atoms with Gasteiger partial charge in [0.1, 0.15) is 0 Å². The van der Waals surface area contributed by atoms with E-state index in [0.29, 0.717) is 0 Å². The van der Waals surface area contributed by atoms with Crippen LogP contribution in [0.15, 0.2) is 12.7 Å². The first kappa shape index (κ1) is 11.2. The third-order valence-electron chi connectivity index (χ3n) is 1.91. The summed E-state index contributed by atoms with van der Waals surface area (Å²) >= 11 is 6.51. The highest BCUT2D eigenvalue weighted by molar-refractivity contribution is 7.20. The maximum absolute atomic E-state index is 6.51. The highest BCUT2D eigenvalue weighted by atomic mass is 35.6. The maximum atomic E-state index is 6.51. The number of rotatable bonds is 6. The van der Waals surface area contributed by atoms with E-state index in [1.165, 1.54) is 24.9 Å². The minimum Gasteiger partial charge on any atom is -0.167 e. The predicted octanol–water partition coefficient (Wildman–Crippen LogP) is 4.18. The van der Waals surface area contributed by atoms with Crippen molar-refractivity contribution in [1.82, 2.24) is 0 Å². The van der Waals surface area contributed by atoms with Crippen LogP contribution in [0.3, 0.4) is 0 Å². The Balaban J connectivity index is 3.88. The number of hydrogen-bond donors (Lipinski definition) is 0. The van der Waals surface area contributed by atoms with Crippen molar-refractivity contribution >= 4 is 18.5 Å². The Morgan fingerprint density at radius 2 is 1.73 bits per heavy atom. The Morgan fingerprint density at radius 1 is 1.27 bits per heavy atom. The Kier molecular flexibility index (Phi) is 5.97. The molecule has 0 saturated heterocycles. The average Bonchev–Trinajstić information content (AvgIpc) is 1.88. The van der Waals surface area contributed by atoms with Gasteiger partial charge in [-0.2, -0.15) is 11.1 Å². The van der Waals surface area contributed by atoms with E-state index in [2.05, 4.69) is 20.4 Å². The Bertz CT molecular complexity index is 106. The molecule has 0 saturated carbocycles. The van der Waals surface area contributed by atoms with E-state index in [-0.39, 0.29) is 0 Å². The highest BCUT2D eigenvalue weighted by Gasteiger charge is 2.26. The molecule has 0 radical (unpaired) electrons. The molecule has 2 heteroatoms. The number of halogens is 1. The summed E-state index contributed by atoms with van der Waals surface area (Å²) in [6.45, 7) is 8.18. The van der Waals surface area contributed by atoms with Crippen molar-refractivity contribution < 1.29 is 0 Å². The van der Waals surface area contributed by atoms with Crippen molar-refractivity contribution in [2.75, 3.05) is 0 Å². The van der Waals surface area contributed by atoms with Crippen molar-refractivity contribution in [3.8, 4) is 0 Å². The first-order chi connectivity index (χ1) is 5.18. The van der Waals surface area contributed by atoms with Gasteiger partial charge in [0.15, 0.2) is 7.38 Å². The monoisotopic (exact) mass is 190 g/mol. The molecule has 0 rings (SSSR count). The standard InChI is InChI=1S/C9H19ClSi/c1-4-7-11(10,8-5-2)9-6-3/h4H,1,5-9H2,2-3H3. The zero-order valence-corrected chi connectivity index (χ0v) is 9.45. The lowest BCUT2D eigenvalue weighted by Crippen LogP contribution is -2.24. The molecule has 0 amide bonds. The van der Waals surface area contributed by atoms with Gasteiger partial charge in [0.05, 0.1) is 0 Å². The van der Waals surface area contributed by atoms with Gasteiger partial charge in [0.25, 0.3) is 0 Å². The number of hydrogen-bond acceptors (Lipinski definition) is 0. The van der Waals surface area contributed by atoms with Crippen LogP contribution in [-0.2, 0) is 0 Å². The molecule has 0 spiro atoms. The third kappa shape index (κ3) is 4.65. The fourth-order valence-electron chi connectivity index (χ4n) is 1.48. The van der Waals surface area contributed by atoms with Gasteiger partial charge in [-0.25, -0.2) is 0 Å². The molecule has 0 aliphatic carbocycles. The van der Waals surface area contributed by atoms with E-state index >= 15 is 0 Å². The lowest BCUT2D eigenvalue weighted by Gasteiger charge is -2.21. The molecule has 0 aliphatic rings. The van der Waals surface area contributed by atoms with Crippen LogP contribution in [-0.4, -0.2) is 7.38 Å². The lowest BCUT2D eigenvalue weighted by atomic mass is 10.6. The van der Waals surface area contributed by atoms with E-state index in [9.17, 15) is 0 Å². The van der Waals surface area contributed by atoms with Crippen LogP contribution in [0.5, 0.6) is 0 Å². The fraction of sp³-hybridized carbons (Fsp3) is 0.778.